The summed E-state index contributed by atoms with van der Waals surface area (Å²) in [4.78, 5) is 11.2. The zero-order chi connectivity index (χ0) is 11.5. The first-order valence-corrected chi connectivity index (χ1v) is 5.82. The van der Waals surface area contributed by atoms with Gasteiger partial charge in [-0.25, -0.2) is 0 Å². The number of hydrogen-bond donors (Lipinski definition) is 0. The number of carbonyl (C=O) groups is 1. The Balaban J connectivity index is 2.63. The third-order valence-electron chi connectivity index (χ3n) is 3.12. The Bertz CT molecular complexity index is 511. The minimum Gasteiger partial charge on any atom is -0.338 e. The van der Waals surface area contributed by atoms with E-state index in [1.807, 2.05) is 19.1 Å². The Kier molecular flexibility index (Phi) is 3.09. The van der Waals surface area contributed by atoms with Crippen LogP contribution in [0.1, 0.15) is 35.8 Å². The predicted octanol–water partition coefficient (Wildman–Crippen LogP) is 3.56. The third kappa shape index (κ3) is 1.64. The lowest BCUT2D eigenvalue weighted by molar-refractivity contribution is 0.111. The molecule has 1 heterocycles. The van der Waals surface area contributed by atoms with E-state index in [1.165, 1.54) is 10.9 Å². The van der Waals surface area contributed by atoms with Crippen molar-refractivity contribution in [2.45, 2.75) is 33.2 Å². The van der Waals surface area contributed by atoms with Crippen LogP contribution in [0.2, 0.25) is 0 Å². The lowest BCUT2D eigenvalue weighted by atomic mass is 10.2. The number of nitrogens with zero attached hydrogens (tertiary/aromatic N) is 1. The van der Waals surface area contributed by atoms with Crippen LogP contribution >= 0.6 is 0 Å². The third-order valence-corrected chi connectivity index (χ3v) is 3.12. The monoisotopic (exact) mass is 215 g/mol. The van der Waals surface area contributed by atoms with E-state index in [4.69, 9.17) is 0 Å². The predicted molar refractivity (Wildman–Crippen MR) is 67.0 cm³/mol. The van der Waals surface area contributed by atoms with Crippen LogP contribution in [0, 0.1) is 6.92 Å². The quantitative estimate of drug-likeness (QED) is 0.715. The molecule has 0 unspecified atom stereocenters. The van der Waals surface area contributed by atoms with E-state index in [-0.39, 0.29) is 0 Å². The number of hydrogen-bond acceptors (Lipinski definition) is 1. The highest BCUT2D eigenvalue weighted by Gasteiger charge is 2.11. The molecule has 0 amide bonds. The number of aldehydes is 1. The second-order valence-corrected chi connectivity index (χ2v) is 4.15. The molecule has 0 radical (unpaired) electrons. The first-order chi connectivity index (χ1) is 7.79. The molecular weight excluding hydrogens is 198 g/mol. The van der Waals surface area contributed by atoms with Crippen LogP contribution in [0.25, 0.3) is 10.9 Å². The van der Waals surface area contributed by atoms with Crippen LogP contribution in [-0.2, 0) is 6.54 Å². The number of aryl methyl sites for hydroxylation is 2. The zero-order valence-electron chi connectivity index (χ0n) is 9.86. The van der Waals surface area contributed by atoms with Crippen molar-refractivity contribution in [3.05, 3.63) is 35.5 Å². The lowest BCUT2D eigenvalue weighted by Gasteiger charge is -2.06. The second kappa shape index (κ2) is 4.52. The van der Waals surface area contributed by atoms with E-state index in [0.29, 0.717) is 0 Å². The van der Waals surface area contributed by atoms with Gasteiger partial charge < -0.3 is 4.57 Å². The summed E-state index contributed by atoms with van der Waals surface area (Å²) in [6.07, 6.45) is 3.23. The van der Waals surface area contributed by atoms with E-state index in [9.17, 15) is 4.79 Å². The van der Waals surface area contributed by atoms with Crippen molar-refractivity contribution in [2.24, 2.45) is 0 Å². The number of rotatable bonds is 4. The van der Waals surface area contributed by atoms with Crippen molar-refractivity contribution in [1.82, 2.24) is 4.57 Å². The Labute approximate surface area is 95.9 Å². The molecule has 0 fully saturated rings. The molecule has 0 aliphatic carbocycles. The number of carbonyl (C=O) groups excluding carboxylic acids is 1. The molecule has 1 aromatic carbocycles. The normalized spacial score (nSPS) is 10.9. The van der Waals surface area contributed by atoms with Crippen LogP contribution in [-0.4, -0.2) is 10.9 Å². The molecule has 0 aliphatic heterocycles. The maximum atomic E-state index is 11.2. The van der Waals surface area contributed by atoms with Crippen molar-refractivity contribution in [3.8, 4) is 0 Å². The summed E-state index contributed by atoms with van der Waals surface area (Å²) in [6, 6.07) is 8.22. The van der Waals surface area contributed by atoms with Gasteiger partial charge in [0.1, 0.15) is 0 Å². The van der Waals surface area contributed by atoms with Crippen molar-refractivity contribution < 1.29 is 4.79 Å². The Morgan fingerprint density at radius 2 is 2.06 bits per heavy atom. The highest BCUT2D eigenvalue weighted by atomic mass is 16.1. The Hall–Kier alpha value is -1.57. The van der Waals surface area contributed by atoms with Gasteiger partial charge in [0, 0.05) is 17.4 Å². The molecule has 84 valence electrons. The Morgan fingerprint density at radius 3 is 2.75 bits per heavy atom. The van der Waals surface area contributed by atoms with E-state index in [2.05, 4.69) is 23.6 Å². The summed E-state index contributed by atoms with van der Waals surface area (Å²) in [6.45, 7) is 5.12. The fourth-order valence-electron chi connectivity index (χ4n) is 2.21. The van der Waals surface area contributed by atoms with Crippen LogP contribution in [0.3, 0.4) is 0 Å². The largest absolute Gasteiger partial charge is 0.338 e. The lowest BCUT2D eigenvalue weighted by Crippen LogP contribution is -2.02. The topological polar surface area (TPSA) is 22.0 Å². The summed E-state index contributed by atoms with van der Waals surface area (Å²) in [5.74, 6) is 0. The van der Waals surface area contributed by atoms with Gasteiger partial charge in [-0.2, -0.15) is 0 Å². The van der Waals surface area contributed by atoms with Crippen LogP contribution in [0.5, 0.6) is 0 Å². The molecule has 2 rings (SSSR count). The molecule has 1 aromatic heterocycles. The van der Waals surface area contributed by atoms with Gasteiger partial charge in [-0.1, -0.05) is 31.5 Å². The smallest absolute Gasteiger partial charge is 0.166 e. The second-order valence-electron chi connectivity index (χ2n) is 4.15. The SMILES string of the molecule is CCCCn1c(C=O)c(C)c2ccccc21. The van der Waals surface area contributed by atoms with Gasteiger partial charge in [0.2, 0.25) is 0 Å². The number of unbranched alkanes of at least 4 members (excludes halogenated alkanes) is 1. The highest BCUT2D eigenvalue weighted by Crippen LogP contribution is 2.24. The molecule has 0 saturated carbocycles. The van der Waals surface area contributed by atoms with Crippen molar-refractivity contribution in [3.63, 3.8) is 0 Å². The molecule has 0 saturated heterocycles. The van der Waals surface area contributed by atoms with Crippen molar-refractivity contribution in [1.29, 1.82) is 0 Å². The van der Waals surface area contributed by atoms with Crippen LogP contribution in [0.15, 0.2) is 24.3 Å². The van der Waals surface area contributed by atoms with Gasteiger partial charge in [-0.3, -0.25) is 4.79 Å². The number of benzene rings is 1. The fraction of sp³-hybridized carbons (Fsp3) is 0.357. The average Bonchev–Trinajstić information content (AvgIpc) is 2.60. The minimum atomic E-state index is 0.828. The molecule has 0 atom stereocenters. The van der Waals surface area contributed by atoms with Gasteiger partial charge in [-0.15, -0.1) is 0 Å². The first kappa shape index (κ1) is 10.9. The van der Waals surface area contributed by atoms with E-state index in [0.717, 1.165) is 36.9 Å². The molecule has 0 bridgehead atoms. The summed E-state index contributed by atoms with van der Waals surface area (Å²) in [5.41, 5.74) is 3.10. The van der Waals surface area contributed by atoms with Gasteiger partial charge in [0.25, 0.3) is 0 Å². The Morgan fingerprint density at radius 1 is 1.31 bits per heavy atom. The van der Waals surface area contributed by atoms with Gasteiger partial charge in [0.05, 0.1) is 5.69 Å². The molecule has 2 aromatic rings. The van der Waals surface area contributed by atoms with Gasteiger partial charge in [0.15, 0.2) is 6.29 Å². The number of para-hydroxylation sites is 1. The summed E-state index contributed by atoms with van der Waals surface area (Å²) in [7, 11) is 0. The van der Waals surface area contributed by atoms with Crippen molar-refractivity contribution in [2.75, 3.05) is 0 Å². The molecule has 16 heavy (non-hydrogen) atoms. The number of fused-ring (bicyclic) bond motifs is 1. The maximum Gasteiger partial charge on any atom is 0.166 e. The van der Waals surface area contributed by atoms with Crippen LogP contribution < -0.4 is 0 Å². The minimum absolute atomic E-state index is 0.828. The molecule has 0 spiro atoms. The van der Waals surface area contributed by atoms with E-state index in [1.54, 1.807) is 0 Å². The van der Waals surface area contributed by atoms with Crippen LogP contribution in [0.4, 0.5) is 0 Å². The van der Waals surface area contributed by atoms with Gasteiger partial charge in [-0.05, 0) is 25.0 Å². The molecule has 0 aliphatic rings. The highest BCUT2D eigenvalue weighted by molar-refractivity contribution is 5.92. The molecule has 2 nitrogen and oxygen atoms in total. The van der Waals surface area contributed by atoms with Gasteiger partial charge >= 0.3 is 0 Å². The maximum absolute atomic E-state index is 11.2. The summed E-state index contributed by atoms with van der Waals surface area (Å²) in [5, 5.41) is 1.20. The van der Waals surface area contributed by atoms with Crippen molar-refractivity contribution >= 4 is 17.2 Å². The fourth-order valence-corrected chi connectivity index (χ4v) is 2.21. The number of aromatic nitrogens is 1. The summed E-state index contributed by atoms with van der Waals surface area (Å²) >= 11 is 0. The molecular formula is C14H17NO. The average molecular weight is 215 g/mol. The van der Waals surface area contributed by atoms with E-state index >= 15 is 0 Å². The zero-order valence-corrected chi connectivity index (χ0v) is 9.86. The standard InChI is InChI=1S/C14H17NO/c1-3-4-9-15-13-8-6-5-7-12(13)11(2)14(15)10-16/h5-8,10H,3-4,9H2,1-2H3. The van der Waals surface area contributed by atoms with E-state index < -0.39 is 0 Å². The molecule has 2 heteroatoms. The molecule has 0 N–H and O–H groups in total. The first-order valence-electron chi connectivity index (χ1n) is 5.82. The summed E-state index contributed by atoms with van der Waals surface area (Å²) < 4.78 is 2.14.